The van der Waals surface area contributed by atoms with Gasteiger partial charge in [-0.2, -0.15) is 0 Å². The minimum Gasteiger partial charge on any atom is -0.398 e. The minimum absolute atomic E-state index is 0.273. The van der Waals surface area contributed by atoms with Crippen molar-refractivity contribution in [1.29, 1.82) is 0 Å². The summed E-state index contributed by atoms with van der Waals surface area (Å²) in [6.07, 6.45) is 3.34. The maximum Gasteiger partial charge on any atom is 0.123 e. The van der Waals surface area contributed by atoms with Crippen LogP contribution in [0.1, 0.15) is 29.8 Å². The molecule has 0 aliphatic carbocycles. The summed E-state index contributed by atoms with van der Waals surface area (Å²) in [6.45, 7) is 2.08. The summed E-state index contributed by atoms with van der Waals surface area (Å²) in [6, 6.07) is 8.00. The third-order valence-corrected chi connectivity index (χ3v) is 3.33. The fourth-order valence-electron chi connectivity index (χ4n) is 2.10. The number of hydrogen-bond acceptors (Lipinski definition) is 4. The number of nitrogens with one attached hydrogen (secondary N) is 1. The van der Waals surface area contributed by atoms with Gasteiger partial charge in [-0.3, -0.25) is 16.3 Å². The van der Waals surface area contributed by atoms with E-state index in [4.69, 9.17) is 11.6 Å². The van der Waals surface area contributed by atoms with E-state index in [9.17, 15) is 4.39 Å². The number of anilines is 1. The quantitative estimate of drug-likeness (QED) is 0.443. The Morgan fingerprint density at radius 3 is 2.70 bits per heavy atom. The maximum absolute atomic E-state index is 13.3. The molecule has 4 nitrogen and oxygen atoms in total. The van der Waals surface area contributed by atoms with Crippen LogP contribution in [0, 0.1) is 5.82 Å². The van der Waals surface area contributed by atoms with Crippen molar-refractivity contribution in [1.82, 2.24) is 10.4 Å². The molecule has 1 aromatic heterocycles. The van der Waals surface area contributed by atoms with Crippen LogP contribution < -0.4 is 17.0 Å². The number of nitrogen functional groups attached to an aromatic ring is 1. The Labute approximate surface area is 118 Å². The van der Waals surface area contributed by atoms with Crippen molar-refractivity contribution >= 4 is 5.69 Å². The van der Waals surface area contributed by atoms with Gasteiger partial charge in [-0.05, 0) is 41.8 Å². The summed E-state index contributed by atoms with van der Waals surface area (Å²) in [5, 5.41) is 0. The molecular formula is C15H19FN4. The normalized spacial score (nSPS) is 12.3. The van der Waals surface area contributed by atoms with Crippen LogP contribution in [0.25, 0.3) is 0 Å². The number of nitrogens with two attached hydrogens (primary N) is 2. The van der Waals surface area contributed by atoms with Gasteiger partial charge in [0.1, 0.15) is 5.82 Å². The first-order valence-electron chi connectivity index (χ1n) is 6.59. The zero-order valence-corrected chi connectivity index (χ0v) is 11.4. The number of rotatable bonds is 5. The van der Waals surface area contributed by atoms with E-state index in [1.54, 1.807) is 6.07 Å². The number of benzene rings is 1. The molecule has 0 saturated heterocycles. The van der Waals surface area contributed by atoms with Crippen molar-refractivity contribution in [2.45, 2.75) is 25.8 Å². The summed E-state index contributed by atoms with van der Waals surface area (Å²) in [5.74, 6) is 5.24. The zero-order chi connectivity index (χ0) is 14.5. The lowest BCUT2D eigenvalue weighted by molar-refractivity contribution is 0.540. The number of nitrogens with zero attached hydrogens (tertiary/aromatic N) is 1. The van der Waals surface area contributed by atoms with E-state index in [1.807, 2.05) is 18.3 Å². The van der Waals surface area contributed by atoms with Crippen LogP contribution in [0.4, 0.5) is 10.1 Å². The van der Waals surface area contributed by atoms with E-state index in [2.05, 4.69) is 17.3 Å². The highest BCUT2D eigenvalue weighted by molar-refractivity contribution is 5.48. The van der Waals surface area contributed by atoms with Crippen molar-refractivity contribution in [3.8, 4) is 0 Å². The lowest BCUT2D eigenvalue weighted by atomic mass is 10.00. The predicted octanol–water partition coefficient (Wildman–Crippen LogP) is 2.11. The standard InChI is InChI=1S/C15H19FN4/c1-2-10-3-5-12(19-9-10)8-15(20-18)13-7-11(16)4-6-14(13)17/h3-7,9,15,20H,2,8,17-18H2,1H3. The summed E-state index contributed by atoms with van der Waals surface area (Å²) in [4.78, 5) is 4.38. The lowest BCUT2D eigenvalue weighted by Crippen LogP contribution is -2.30. The molecule has 5 N–H and O–H groups in total. The van der Waals surface area contributed by atoms with E-state index < -0.39 is 0 Å². The summed E-state index contributed by atoms with van der Waals surface area (Å²) in [5.41, 5.74) is 11.8. The van der Waals surface area contributed by atoms with E-state index in [0.29, 0.717) is 17.7 Å². The van der Waals surface area contributed by atoms with E-state index in [0.717, 1.165) is 12.1 Å². The molecule has 0 aliphatic rings. The van der Waals surface area contributed by atoms with Gasteiger partial charge >= 0.3 is 0 Å². The average molecular weight is 274 g/mol. The molecule has 0 bridgehead atoms. The second-order valence-corrected chi connectivity index (χ2v) is 4.71. The Bertz CT molecular complexity index is 569. The highest BCUT2D eigenvalue weighted by Crippen LogP contribution is 2.23. The van der Waals surface area contributed by atoms with Crippen LogP contribution in [0.2, 0.25) is 0 Å². The smallest absolute Gasteiger partial charge is 0.123 e. The Morgan fingerprint density at radius 2 is 2.10 bits per heavy atom. The number of aryl methyl sites for hydroxylation is 1. The first kappa shape index (κ1) is 14.4. The molecule has 0 spiro atoms. The van der Waals surface area contributed by atoms with Gasteiger partial charge in [0.2, 0.25) is 0 Å². The van der Waals surface area contributed by atoms with Crippen molar-refractivity contribution < 1.29 is 4.39 Å². The molecule has 1 atom stereocenters. The Balaban J connectivity index is 2.21. The molecule has 0 radical (unpaired) electrons. The van der Waals surface area contributed by atoms with Crippen LogP contribution in [-0.4, -0.2) is 4.98 Å². The topological polar surface area (TPSA) is 77.0 Å². The molecule has 0 aliphatic heterocycles. The van der Waals surface area contributed by atoms with Gasteiger partial charge in [-0.1, -0.05) is 13.0 Å². The minimum atomic E-state index is -0.330. The van der Waals surface area contributed by atoms with Gasteiger partial charge in [0.15, 0.2) is 0 Å². The first-order valence-corrected chi connectivity index (χ1v) is 6.59. The van der Waals surface area contributed by atoms with Gasteiger partial charge in [0, 0.05) is 24.0 Å². The largest absolute Gasteiger partial charge is 0.398 e. The number of halogens is 1. The molecule has 1 heterocycles. The Morgan fingerprint density at radius 1 is 1.30 bits per heavy atom. The SMILES string of the molecule is CCc1ccc(CC(NN)c2cc(F)ccc2N)nc1. The maximum atomic E-state index is 13.3. The third-order valence-electron chi connectivity index (χ3n) is 3.33. The van der Waals surface area contributed by atoms with E-state index in [-0.39, 0.29) is 11.9 Å². The van der Waals surface area contributed by atoms with Crippen molar-refractivity contribution in [3.63, 3.8) is 0 Å². The van der Waals surface area contributed by atoms with Crippen LogP contribution >= 0.6 is 0 Å². The average Bonchev–Trinajstić information content (AvgIpc) is 2.48. The zero-order valence-electron chi connectivity index (χ0n) is 11.4. The fourth-order valence-corrected chi connectivity index (χ4v) is 2.10. The molecule has 0 fully saturated rings. The van der Waals surface area contributed by atoms with Crippen molar-refractivity contribution in [2.24, 2.45) is 5.84 Å². The summed E-state index contributed by atoms with van der Waals surface area (Å²) < 4.78 is 13.3. The van der Waals surface area contributed by atoms with Gasteiger partial charge in [-0.25, -0.2) is 4.39 Å². The molecule has 106 valence electrons. The first-order chi connectivity index (χ1) is 9.63. The second-order valence-electron chi connectivity index (χ2n) is 4.71. The fraction of sp³-hybridized carbons (Fsp3) is 0.267. The molecule has 2 rings (SSSR count). The predicted molar refractivity (Wildman–Crippen MR) is 78.2 cm³/mol. The number of hydrogen-bond donors (Lipinski definition) is 3. The van der Waals surface area contributed by atoms with Gasteiger partial charge < -0.3 is 5.73 Å². The Kier molecular flexibility index (Phi) is 4.65. The molecule has 1 aromatic carbocycles. The molecular weight excluding hydrogens is 255 g/mol. The molecule has 0 saturated carbocycles. The number of hydrazine groups is 1. The summed E-state index contributed by atoms with van der Waals surface area (Å²) in [7, 11) is 0. The molecule has 1 unspecified atom stereocenters. The third kappa shape index (κ3) is 3.31. The summed E-state index contributed by atoms with van der Waals surface area (Å²) >= 11 is 0. The van der Waals surface area contributed by atoms with Gasteiger partial charge in [0.05, 0.1) is 6.04 Å². The van der Waals surface area contributed by atoms with Gasteiger partial charge in [0.25, 0.3) is 0 Å². The van der Waals surface area contributed by atoms with Crippen molar-refractivity contribution in [3.05, 3.63) is 59.2 Å². The van der Waals surface area contributed by atoms with Crippen LogP contribution in [-0.2, 0) is 12.8 Å². The monoisotopic (exact) mass is 274 g/mol. The highest BCUT2D eigenvalue weighted by Gasteiger charge is 2.15. The van der Waals surface area contributed by atoms with Crippen LogP contribution in [0.15, 0.2) is 36.5 Å². The van der Waals surface area contributed by atoms with E-state index in [1.165, 1.54) is 17.7 Å². The molecule has 5 heteroatoms. The highest BCUT2D eigenvalue weighted by atomic mass is 19.1. The second kappa shape index (κ2) is 6.45. The number of aromatic nitrogens is 1. The van der Waals surface area contributed by atoms with Gasteiger partial charge in [-0.15, -0.1) is 0 Å². The number of pyridine rings is 1. The molecule has 20 heavy (non-hydrogen) atoms. The lowest BCUT2D eigenvalue weighted by Gasteiger charge is -2.18. The molecule has 0 amide bonds. The van der Waals surface area contributed by atoms with Crippen LogP contribution in [0.5, 0.6) is 0 Å². The van der Waals surface area contributed by atoms with Crippen molar-refractivity contribution in [2.75, 3.05) is 5.73 Å². The molecule has 2 aromatic rings. The Hall–Kier alpha value is -1.98. The van der Waals surface area contributed by atoms with E-state index >= 15 is 0 Å². The van der Waals surface area contributed by atoms with Crippen LogP contribution in [0.3, 0.4) is 0 Å².